The van der Waals surface area contributed by atoms with Crippen LogP contribution in [-0.4, -0.2) is 48.4 Å². The molecule has 0 radical (unpaired) electrons. The van der Waals surface area contributed by atoms with Gasteiger partial charge in [-0.25, -0.2) is 4.68 Å². The van der Waals surface area contributed by atoms with E-state index in [2.05, 4.69) is 35.9 Å². The van der Waals surface area contributed by atoms with Crippen LogP contribution in [0.25, 0.3) is 5.69 Å². The van der Waals surface area contributed by atoms with Crippen LogP contribution in [0, 0.1) is 18.3 Å². The number of anilines is 1. The zero-order valence-corrected chi connectivity index (χ0v) is 25.2. The van der Waals surface area contributed by atoms with E-state index < -0.39 is 37.0 Å². The molecule has 246 valence electrons. The second-order valence-electron chi connectivity index (χ2n) is 9.98. The number of nitrogens with one attached hydrogen (secondary N) is 2. The summed E-state index contributed by atoms with van der Waals surface area (Å²) in [4.78, 5) is 27.9. The van der Waals surface area contributed by atoms with Crippen molar-refractivity contribution in [3.63, 3.8) is 0 Å². The van der Waals surface area contributed by atoms with E-state index in [0.29, 0.717) is 10.4 Å². The second-order valence-corrected chi connectivity index (χ2v) is 10.4. The number of hydrogen-bond donors (Lipinski definition) is 2. The first-order chi connectivity index (χ1) is 22.8. The Morgan fingerprint density at radius 3 is 2.46 bits per heavy atom. The van der Waals surface area contributed by atoms with E-state index in [1.807, 2.05) is 6.07 Å². The van der Waals surface area contributed by atoms with E-state index in [1.54, 1.807) is 31.2 Å². The molecule has 5 aromatic rings. The molecule has 0 atom stereocenters. The topological polar surface area (TPSA) is 153 Å². The maximum absolute atomic E-state index is 13.8. The van der Waals surface area contributed by atoms with Crippen LogP contribution in [0.15, 0.2) is 66.7 Å². The maximum Gasteiger partial charge on any atom is 0.455 e. The van der Waals surface area contributed by atoms with Crippen molar-refractivity contribution < 1.29 is 36.3 Å². The van der Waals surface area contributed by atoms with Crippen molar-refractivity contribution in [3.8, 4) is 17.5 Å². The van der Waals surface area contributed by atoms with Crippen LogP contribution in [0.5, 0.6) is 5.75 Å². The minimum Gasteiger partial charge on any atom is -0.434 e. The van der Waals surface area contributed by atoms with Crippen molar-refractivity contribution >= 4 is 29.1 Å². The van der Waals surface area contributed by atoms with Crippen molar-refractivity contribution in [3.05, 3.63) is 111 Å². The summed E-state index contributed by atoms with van der Waals surface area (Å²) in [5, 5.41) is 29.0. The van der Waals surface area contributed by atoms with Crippen molar-refractivity contribution in [2.45, 2.75) is 32.8 Å². The molecule has 0 aliphatic carbocycles. The number of halogens is 6. The third-order valence-corrected chi connectivity index (χ3v) is 6.98. The first kappa shape index (κ1) is 33.5. The molecule has 0 aliphatic heterocycles. The molecule has 2 heterocycles. The molecule has 3 aromatic carbocycles. The summed E-state index contributed by atoms with van der Waals surface area (Å²) in [6.07, 6.45) is -4.83. The number of amides is 2. The van der Waals surface area contributed by atoms with E-state index in [0.717, 1.165) is 4.68 Å². The van der Waals surface area contributed by atoms with Crippen LogP contribution in [0.2, 0.25) is 5.02 Å². The quantitative estimate of drug-likeness (QED) is 0.182. The van der Waals surface area contributed by atoms with Crippen LogP contribution in [0.3, 0.4) is 0 Å². The predicted molar refractivity (Wildman–Crippen MR) is 159 cm³/mol. The Hall–Kier alpha value is -5.89. The molecule has 5 rings (SSSR count). The highest BCUT2D eigenvalue weighted by Crippen LogP contribution is 2.28. The number of tetrazole rings is 1. The Bertz CT molecular complexity index is 2040. The number of ether oxygens (including phenoxy) is 1. The van der Waals surface area contributed by atoms with Crippen molar-refractivity contribution in [2.75, 3.05) is 5.32 Å². The lowest BCUT2D eigenvalue weighted by Crippen LogP contribution is -2.26. The number of nitrogens with zero attached hydrogens (tertiary/aromatic N) is 7. The fourth-order valence-corrected chi connectivity index (χ4v) is 4.77. The van der Waals surface area contributed by atoms with Gasteiger partial charge in [0.15, 0.2) is 0 Å². The summed E-state index contributed by atoms with van der Waals surface area (Å²) in [5.74, 6) is -3.18. The number of hydrogen-bond acceptors (Lipinski definition) is 8. The smallest absolute Gasteiger partial charge is 0.434 e. The number of alkyl halides is 5. The number of carbonyl (C=O) groups is 2. The van der Waals surface area contributed by atoms with Crippen molar-refractivity contribution in [1.29, 1.82) is 5.26 Å². The van der Waals surface area contributed by atoms with Gasteiger partial charge in [0.05, 0.1) is 39.3 Å². The van der Waals surface area contributed by atoms with E-state index in [4.69, 9.17) is 11.6 Å². The van der Waals surface area contributed by atoms with Gasteiger partial charge in [-0.2, -0.15) is 37.1 Å². The average molecular weight is 686 g/mol. The normalized spacial score (nSPS) is 11.3. The highest BCUT2D eigenvalue weighted by atomic mass is 35.5. The Balaban J connectivity index is 1.47. The summed E-state index contributed by atoms with van der Waals surface area (Å²) in [7, 11) is 0. The van der Waals surface area contributed by atoms with E-state index in [1.165, 1.54) is 42.5 Å². The van der Waals surface area contributed by atoms with Crippen molar-refractivity contribution in [2.24, 2.45) is 0 Å². The number of aromatic nitrogens is 6. The molecule has 2 amide bonds. The van der Waals surface area contributed by atoms with Gasteiger partial charge in [-0.05, 0) is 54.1 Å². The van der Waals surface area contributed by atoms with Crippen LogP contribution in [-0.2, 0) is 19.3 Å². The fraction of sp³-hybridized carbons (Fsp3) is 0.167. The Morgan fingerprint density at radius 2 is 1.77 bits per heavy atom. The maximum atomic E-state index is 13.8. The first-order valence-electron chi connectivity index (χ1n) is 13.7. The number of benzene rings is 3. The third kappa shape index (κ3) is 7.56. The lowest BCUT2D eigenvalue weighted by atomic mass is 10.0. The summed E-state index contributed by atoms with van der Waals surface area (Å²) in [6, 6.07) is 18.1. The summed E-state index contributed by atoms with van der Waals surface area (Å²) >= 11 is 6.38. The van der Waals surface area contributed by atoms with Gasteiger partial charge in [0.1, 0.15) is 18.0 Å². The molecule has 0 aliphatic rings. The Morgan fingerprint density at radius 1 is 1.04 bits per heavy atom. The first-order valence-corrected chi connectivity index (χ1v) is 14.1. The number of nitriles is 1. The predicted octanol–water partition coefficient (Wildman–Crippen LogP) is 5.54. The molecule has 0 saturated heterocycles. The van der Waals surface area contributed by atoms with Gasteiger partial charge in [-0.1, -0.05) is 41.9 Å². The number of para-hydroxylation sites is 2. The summed E-state index contributed by atoms with van der Waals surface area (Å²) < 4.78 is 70.4. The molecule has 18 heteroatoms. The molecule has 2 N–H and O–H groups in total. The van der Waals surface area contributed by atoms with Gasteiger partial charge < -0.3 is 15.4 Å². The SMILES string of the molecule is Cc1cc(C#N)cc(C(=O)NCc2ccccc2OC(F)F)c1NC(=O)c1cc(Cn2nnc(C(F)(F)F)n2)nn1-c1ccccc1Cl. The molecule has 0 bridgehead atoms. The monoisotopic (exact) mass is 685 g/mol. The second kappa shape index (κ2) is 13.8. The number of carbonyl (C=O) groups excluding carboxylic acids is 2. The summed E-state index contributed by atoms with van der Waals surface area (Å²) in [5.41, 5.74) is 0.719. The molecule has 2 aromatic heterocycles. The molecule has 12 nitrogen and oxygen atoms in total. The fourth-order valence-electron chi connectivity index (χ4n) is 4.55. The lowest BCUT2D eigenvalue weighted by Gasteiger charge is -2.16. The molecule has 0 fully saturated rings. The summed E-state index contributed by atoms with van der Waals surface area (Å²) in [6.45, 7) is -2.19. The number of rotatable bonds is 10. The van der Waals surface area contributed by atoms with Gasteiger partial charge in [0, 0.05) is 12.1 Å². The van der Waals surface area contributed by atoms with E-state index >= 15 is 0 Å². The van der Waals surface area contributed by atoms with Crippen LogP contribution >= 0.6 is 11.6 Å². The molecule has 0 unspecified atom stereocenters. The van der Waals surface area contributed by atoms with Gasteiger partial charge >= 0.3 is 12.8 Å². The molecular formula is C30H21ClF5N9O3. The molecule has 0 spiro atoms. The highest BCUT2D eigenvalue weighted by Gasteiger charge is 2.37. The van der Waals surface area contributed by atoms with Crippen LogP contribution in [0.1, 0.15) is 49.1 Å². The minimum atomic E-state index is -4.83. The highest BCUT2D eigenvalue weighted by molar-refractivity contribution is 6.32. The molecule has 48 heavy (non-hydrogen) atoms. The Kier molecular flexibility index (Phi) is 9.66. The van der Waals surface area contributed by atoms with Crippen LogP contribution in [0.4, 0.5) is 27.6 Å². The zero-order chi connectivity index (χ0) is 34.6. The lowest BCUT2D eigenvalue weighted by molar-refractivity contribution is -0.145. The standard InChI is InChI=1S/C30H21ClF5N9O3/c1-16-10-17(13-37)11-20(26(46)38-14-18-6-2-5-9-24(18)48-29(32)33)25(16)39-27(47)23-12-19(15-44-42-28(40-43-44)30(34,35)36)41-45(23)22-8-4-3-7-21(22)31/h2-12,29H,14-15H2,1H3,(H,38,46)(H,39,47). The van der Waals surface area contributed by atoms with Crippen LogP contribution < -0.4 is 15.4 Å². The van der Waals surface area contributed by atoms with Gasteiger partial charge in [-0.15, -0.1) is 10.2 Å². The Labute approximate surface area is 272 Å². The van der Waals surface area contributed by atoms with E-state index in [9.17, 15) is 36.8 Å². The third-order valence-electron chi connectivity index (χ3n) is 6.66. The van der Waals surface area contributed by atoms with Gasteiger partial charge in [0.25, 0.3) is 17.6 Å². The molecule has 0 saturated carbocycles. The number of aryl methyl sites for hydroxylation is 1. The van der Waals surface area contributed by atoms with Crippen molar-refractivity contribution in [1.82, 2.24) is 35.3 Å². The minimum absolute atomic E-state index is 0.00911. The largest absolute Gasteiger partial charge is 0.455 e. The average Bonchev–Trinajstić information content (AvgIpc) is 3.69. The van der Waals surface area contributed by atoms with Gasteiger partial charge in [-0.3, -0.25) is 9.59 Å². The zero-order valence-electron chi connectivity index (χ0n) is 24.5. The molecular weight excluding hydrogens is 665 g/mol. The van der Waals surface area contributed by atoms with Gasteiger partial charge in [0.2, 0.25) is 0 Å². The van der Waals surface area contributed by atoms with E-state index in [-0.39, 0.29) is 56.8 Å².